The van der Waals surface area contributed by atoms with Gasteiger partial charge in [-0.05, 0) is 48.5 Å². The minimum atomic E-state index is -0.594. The molecule has 2 N–H and O–H groups in total. The summed E-state index contributed by atoms with van der Waals surface area (Å²) in [6.45, 7) is 0.345. The van der Waals surface area contributed by atoms with Gasteiger partial charge in [0.2, 0.25) is 0 Å². The molecule has 0 saturated heterocycles. The first kappa shape index (κ1) is 17.2. The predicted molar refractivity (Wildman–Crippen MR) is 97.9 cm³/mol. The van der Waals surface area contributed by atoms with E-state index in [-0.39, 0.29) is 5.91 Å². The lowest BCUT2D eigenvalue weighted by molar-refractivity contribution is 0.0950. The number of nitrogens with zero attached hydrogens (tertiary/aromatic N) is 1. The van der Waals surface area contributed by atoms with E-state index in [9.17, 15) is 9.59 Å². The average Bonchev–Trinajstić information content (AvgIpc) is 2.68. The van der Waals surface area contributed by atoms with Gasteiger partial charge in [0.1, 0.15) is 5.75 Å². The van der Waals surface area contributed by atoms with Crippen molar-refractivity contribution in [2.45, 2.75) is 6.54 Å². The van der Waals surface area contributed by atoms with E-state index < -0.39 is 6.09 Å². The highest BCUT2D eigenvalue weighted by Gasteiger charge is 2.08. The number of carbonyl (C=O) groups excluding carboxylic acids is 2. The lowest BCUT2D eigenvalue weighted by Gasteiger charge is -2.08. The largest absolute Gasteiger partial charge is 0.417 e. The molecule has 0 unspecified atom stereocenters. The van der Waals surface area contributed by atoms with Gasteiger partial charge in [0.25, 0.3) is 5.91 Å². The monoisotopic (exact) mass is 347 g/mol. The van der Waals surface area contributed by atoms with Crippen LogP contribution in [0.2, 0.25) is 0 Å². The standard InChI is InChI=1S/C20H17N3O3/c24-19(22-14-17-8-4-5-13-21-17)15-9-11-18(12-10-15)26-20(25)23-16-6-2-1-3-7-16/h1-13H,14H2,(H,22,24)(H,23,25). The first-order valence-electron chi connectivity index (χ1n) is 8.03. The van der Waals surface area contributed by atoms with Crippen LogP contribution in [-0.4, -0.2) is 17.0 Å². The van der Waals surface area contributed by atoms with Crippen LogP contribution in [0.1, 0.15) is 16.1 Å². The van der Waals surface area contributed by atoms with Gasteiger partial charge in [0.05, 0.1) is 12.2 Å². The number of rotatable bonds is 5. The second-order valence-electron chi connectivity index (χ2n) is 5.41. The molecular formula is C20H17N3O3. The van der Waals surface area contributed by atoms with E-state index in [0.29, 0.717) is 23.5 Å². The van der Waals surface area contributed by atoms with Crippen molar-refractivity contribution in [3.05, 3.63) is 90.3 Å². The number of benzene rings is 2. The second-order valence-corrected chi connectivity index (χ2v) is 5.41. The Labute approximate surface area is 150 Å². The van der Waals surface area contributed by atoms with Crippen molar-refractivity contribution in [3.63, 3.8) is 0 Å². The Balaban J connectivity index is 1.52. The zero-order valence-electron chi connectivity index (χ0n) is 13.9. The normalized spacial score (nSPS) is 10.0. The molecule has 3 aromatic rings. The van der Waals surface area contributed by atoms with E-state index in [0.717, 1.165) is 5.69 Å². The number of hydrogen-bond donors (Lipinski definition) is 2. The van der Waals surface area contributed by atoms with Gasteiger partial charge in [-0.2, -0.15) is 0 Å². The molecule has 0 aliphatic rings. The van der Waals surface area contributed by atoms with E-state index in [4.69, 9.17) is 4.74 Å². The molecule has 0 bridgehead atoms. The minimum absolute atomic E-state index is 0.226. The third-order valence-corrected chi connectivity index (χ3v) is 3.50. The minimum Gasteiger partial charge on any atom is -0.410 e. The number of pyridine rings is 1. The highest BCUT2D eigenvalue weighted by molar-refractivity contribution is 5.94. The van der Waals surface area contributed by atoms with Crippen molar-refractivity contribution in [1.29, 1.82) is 0 Å². The predicted octanol–water partition coefficient (Wildman–Crippen LogP) is 3.62. The Kier molecular flexibility index (Phi) is 5.57. The number of nitrogens with one attached hydrogen (secondary N) is 2. The number of hydrogen-bond acceptors (Lipinski definition) is 4. The van der Waals surface area contributed by atoms with E-state index in [2.05, 4.69) is 15.6 Å². The molecule has 1 aromatic heterocycles. The van der Waals surface area contributed by atoms with Crippen LogP contribution in [0.3, 0.4) is 0 Å². The van der Waals surface area contributed by atoms with Gasteiger partial charge in [-0.3, -0.25) is 15.1 Å². The van der Waals surface area contributed by atoms with Gasteiger partial charge in [0, 0.05) is 17.4 Å². The van der Waals surface area contributed by atoms with Gasteiger partial charge in [0.15, 0.2) is 0 Å². The van der Waals surface area contributed by atoms with Gasteiger partial charge >= 0.3 is 6.09 Å². The molecule has 26 heavy (non-hydrogen) atoms. The maximum absolute atomic E-state index is 12.1. The van der Waals surface area contributed by atoms with Gasteiger partial charge in [-0.1, -0.05) is 24.3 Å². The van der Waals surface area contributed by atoms with Crippen LogP contribution in [0.4, 0.5) is 10.5 Å². The van der Waals surface area contributed by atoms with Gasteiger partial charge in [-0.25, -0.2) is 4.79 Å². The molecular weight excluding hydrogens is 330 g/mol. The quantitative estimate of drug-likeness (QED) is 0.739. The highest BCUT2D eigenvalue weighted by Crippen LogP contribution is 2.14. The Hall–Kier alpha value is -3.67. The molecule has 0 fully saturated rings. The first-order chi connectivity index (χ1) is 12.7. The van der Waals surface area contributed by atoms with E-state index in [1.54, 1.807) is 42.6 Å². The summed E-state index contributed by atoms with van der Waals surface area (Å²) in [7, 11) is 0. The Morgan fingerprint density at radius 2 is 1.62 bits per heavy atom. The van der Waals surface area contributed by atoms with Crippen molar-refractivity contribution in [2.24, 2.45) is 0 Å². The molecule has 0 atom stereocenters. The lowest BCUT2D eigenvalue weighted by Crippen LogP contribution is -2.23. The van der Waals surface area contributed by atoms with E-state index in [1.807, 2.05) is 36.4 Å². The summed E-state index contributed by atoms with van der Waals surface area (Å²) in [6.07, 6.45) is 1.08. The smallest absolute Gasteiger partial charge is 0.410 e. The molecule has 6 heteroatoms. The summed E-state index contributed by atoms with van der Waals surface area (Å²) >= 11 is 0. The lowest BCUT2D eigenvalue weighted by atomic mass is 10.2. The van der Waals surface area contributed by atoms with Crippen molar-refractivity contribution >= 4 is 17.7 Å². The number of ether oxygens (including phenoxy) is 1. The zero-order valence-corrected chi connectivity index (χ0v) is 13.9. The molecule has 0 aliphatic carbocycles. The molecule has 130 valence electrons. The first-order valence-corrected chi connectivity index (χ1v) is 8.03. The van der Waals surface area contributed by atoms with Crippen molar-refractivity contribution in [3.8, 4) is 5.75 Å². The number of anilines is 1. The summed E-state index contributed by atoms with van der Waals surface area (Å²) in [6, 6.07) is 20.8. The molecule has 2 amide bonds. The third kappa shape index (κ3) is 4.91. The maximum atomic E-state index is 12.1. The van der Waals surface area contributed by atoms with Crippen LogP contribution in [0.15, 0.2) is 79.0 Å². The van der Waals surface area contributed by atoms with Crippen LogP contribution < -0.4 is 15.4 Å². The summed E-state index contributed by atoms with van der Waals surface area (Å²) < 4.78 is 5.19. The molecule has 1 heterocycles. The van der Waals surface area contributed by atoms with Crippen molar-refractivity contribution in [2.75, 3.05) is 5.32 Å². The van der Waals surface area contributed by atoms with Gasteiger partial charge < -0.3 is 10.1 Å². The zero-order chi connectivity index (χ0) is 18.2. The highest BCUT2D eigenvalue weighted by atomic mass is 16.6. The number of amides is 2. The molecule has 0 aliphatic heterocycles. The fourth-order valence-corrected chi connectivity index (χ4v) is 2.22. The van der Waals surface area contributed by atoms with E-state index >= 15 is 0 Å². The Morgan fingerprint density at radius 3 is 2.31 bits per heavy atom. The number of para-hydroxylation sites is 1. The molecule has 2 aromatic carbocycles. The third-order valence-electron chi connectivity index (χ3n) is 3.50. The van der Waals surface area contributed by atoms with Crippen LogP contribution in [-0.2, 0) is 6.54 Å². The maximum Gasteiger partial charge on any atom is 0.417 e. The molecule has 3 rings (SSSR count). The Bertz CT molecular complexity index is 866. The van der Waals surface area contributed by atoms with Crippen molar-refractivity contribution < 1.29 is 14.3 Å². The number of carbonyl (C=O) groups is 2. The fraction of sp³-hybridized carbons (Fsp3) is 0.0500. The molecule has 6 nitrogen and oxygen atoms in total. The van der Waals surface area contributed by atoms with Crippen LogP contribution in [0.5, 0.6) is 5.75 Å². The average molecular weight is 347 g/mol. The fourth-order valence-electron chi connectivity index (χ4n) is 2.22. The summed E-state index contributed by atoms with van der Waals surface area (Å²) in [4.78, 5) is 28.1. The molecule has 0 spiro atoms. The molecule has 0 saturated carbocycles. The van der Waals surface area contributed by atoms with Crippen molar-refractivity contribution in [1.82, 2.24) is 10.3 Å². The van der Waals surface area contributed by atoms with Crippen LogP contribution in [0.25, 0.3) is 0 Å². The van der Waals surface area contributed by atoms with Gasteiger partial charge in [-0.15, -0.1) is 0 Å². The van der Waals surface area contributed by atoms with Crippen LogP contribution >= 0.6 is 0 Å². The molecule has 0 radical (unpaired) electrons. The SMILES string of the molecule is O=C(Nc1ccccc1)Oc1ccc(C(=O)NCc2ccccn2)cc1. The summed E-state index contributed by atoms with van der Waals surface area (Å²) in [5.74, 6) is 0.121. The Morgan fingerprint density at radius 1 is 0.885 bits per heavy atom. The number of aromatic nitrogens is 1. The van der Waals surface area contributed by atoms with E-state index in [1.165, 1.54) is 0 Å². The van der Waals surface area contributed by atoms with Crippen LogP contribution in [0, 0.1) is 0 Å². The second kappa shape index (κ2) is 8.43. The topological polar surface area (TPSA) is 80.3 Å². The summed E-state index contributed by atoms with van der Waals surface area (Å²) in [5.41, 5.74) is 1.89. The summed E-state index contributed by atoms with van der Waals surface area (Å²) in [5, 5.41) is 5.41.